The summed E-state index contributed by atoms with van der Waals surface area (Å²) in [6, 6.07) is 3.37. The molecule has 0 aliphatic carbocycles. The number of rotatable bonds is 4. The minimum absolute atomic E-state index is 0.0111. The third-order valence-electron chi connectivity index (χ3n) is 3.00. The fourth-order valence-electron chi connectivity index (χ4n) is 2.07. The molecule has 0 saturated heterocycles. The van der Waals surface area contributed by atoms with Crippen LogP contribution in [0.2, 0.25) is 10.0 Å². The molecule has 3 rings (SSSR count). The van der Waals surface area contributed by atoms with Crippen LogP contribution >= 0.6 is 34.5 Å². The zero-order valence-electron chi connectivity index (χ0n) is 10.6. The lowest BCUT2D eigenvalue weighted by molar-refractivity contribution is -0.137. The van der Waals surface area contributed by atoms with Crippen molar-refractivity contribution in [2.45, 2.75) is 13.0 Å². The van der Waals surface area contributed by atoms with E-state index in [0.717, 1.165) is 5.52 Å². The molecular formula is C13H9Cl2N3O2S. The van der Waals surface area contributed by atoms with Gasteiger partial charge in [0.25, 0.3) is 0 Å². The molecule has 0 aliphatic heterocycles. The summed E-state index contributed by atoms with van der Waals surface area (Å²) >= 11 is 13.5. The smallest absolute Gasteiger partial charge is 0.305 e. The Morgan fingerprint density at radius 1 is 1.33 bits per heavy atom. The van der Waals surface area contributed by atoms with E-state index >= 15 is 0 Å². The highest BCUT2D eigenvalue weighted by Crippen LogP contribution is 2.31. The Hall–Kier alpha value is -1.63. The van der Waals surface area contributed by atoms with Crippen LogP contribution in [0.1, 0.15) is 6.42 Å². The summed E-state index contributed by atoms with van der Waals surface area (Å²) < 4.78 is 1.81. The summed E-state index contributed by atoms with van der Waals surface area (Å²) in [5.74, 6) is -0.257. The first-order chi connectivity index (χ1) is 10.1. The van der Waals surface area contributed by atoms with Gasteiger partial charge < -0.3 is 9.67 Å². The van der Waals surface area contributed by atoms with Gasteiger partial charge in [-0.25, -0.2) is 9.97 Å². The van der Waals surface area contributed by atoms with Crippen LogP contribution in [0.3, 0.4) is 0 Å². The second-order valence-corrected chi connectivity index (χ2v) is 5.89. The minimum Gasteiger partial charge on any atom is -0.481 e. The van der Waals surface area contributed by atoms with Gasteiger partial charge in [0.1, 0.15) is 5.69 Å². The molecule has 8 heteroatoms. The highest BCUT2D eigenvalue weighted by atomic mass is 35.5. The molecule has 0 radical (unpaired) electrons. The van der Waals surface area contributed by atoms with E-state index in [1.807, 2.05) is 5.38 Å². The van der Waals surface area contributed by atoms with Crippen molar-refractivity contribution in [1.82, 2.24) is 14.5 Å². The molecule has 2 heterocycles. The van der Waals surface area contributed by atoms with E-state index in [0.29, 0.717) is 27.1 Å². The highest BCUT2D eigenvalue weighted by Gasteiger charge is 2.16. The number of fused-ring (bicyclic) bond motifs is 1. The van der Waals surface area contributed by atoms with Crippen molar-refractivity contribution in [3.05, 3.63) is 33.1 Å². The maximum atomic E-state index is 10.9. The van der Waals surface area contributed by atoms with E-state index in [2.05, 4.69) is 9.97 Å². The summed E-state index contributed by atoms with van der Waals surface area (Å²) in [6.45, 7) is 0.288. The zero-order chi connectivity index (χ0) is 15.0. The molecule has 21 heavy (non-hydrogen) atoms. The van der Waals surface area contributed by atoms with Crippen molar-refractivity contribution in [2.24, 2.45) is 0 Å². The van der Waals surface area contributed by atoms with E-state index in [1.165, 1.54) is 11.3 Å². The SMILES string of the molecule is O=C(O)CCn1c(-c2cscn2)nc2cc(Cl)c(Cl)cc21. The van der Waals surface area contributed by atoms with Crippen molar-refractivity contribution in [2.75, 3.05) is 0 Å². The number of halogens is 2. The molecule has 1 aromatic carbocycles. The van der Waals surface area contributed by atoms with E-state index in [9.17, 15) is 4.79 Å². The number of thiazole rings is 1. The average molecular weight is 342 g/mol. The molecule has 0 spiro atoms. The molecule has 0 bridgehead atoms. The van der Waals surface area contributed by atoms with Gasteiger partial charge in [0.2, 0.25) is 0 Å². The number of nitrogens with zero attached hydrogens (tertiary/aromatic N) is 3. The van der Waals surface area contributed by atoms with Crippen LogP contribution in [-0.2, 0) is 11.3 Å². The van der Waals surface area contributed by atoms with E-state index < -0.39 is 5.97 Å². The van der Waals surface area contributed by atoms with Crippen LogP contribution in [0.15, 0.2) is 23.0 Å². The fourth-order valence-corrected chi connectivity index (χ4v) is 2.92. The molecule has 0 atom stereocenters. The molecule has 1 N–H and O–H groups in total. The van der Waals surface area contributed by atoms with Gasteiger partial charge in [-0.2, -0.15) is 0 Å². The first-order valence-corrected chi connectivity index (χ1v) is 7.72. The molecule has 0 saturated carbocycles. The van der Waals surface area contributed by atoms with Crippen LogP contribution < -0.4 is 0 Å². The zero-order valence-corrected chi connectivity index (χ0v) is 12.9. The van der Waals surface area contributed by atoms with Crippen LogP contribution in [0, 0.1) is 0 Å². The second-order valence-electron chi connectivity index (χ2n) is 4.36. The van der Waals surface area contributed by atoms with Gasteiger partial charge in [-0.3, -0.25) is 4.79 Å². The first kappa shape index (κ1) is 14.3. The molecular weight excluding hydrogens is 333 g/mol. The maximum Gasteiger partial charge on any atom is 0.305 e. The summed E-state index contributed by atoms with van der Waals surface area (Å²) in [6.07, 6.45) is -0.0111. The molecule has 108 valence electrons. The molecule has 0 unspecified atom stereocenters. The lowest BCUT2D eigenvalue weighted by Crippen LogP contribution is -2.06. The lowest BCUT2D eigenvalue weighted by Gasteiger charge is -2.06. The average Bonchev–Trinajstić information content (AvgIpc) is 3.04. The summed E-state index contributed by atoms with van der Waals surface area (Å²) in [7, 11) is 0. The number of benzene rings is 1. The topological polar surface area (TPSA) is 68.0 Å². The van der Waals surface area contributed by atoms with Crippen molar-refractivity contribution >= 4 is 51.5 Å². The van der Waals surface area contributed by atoms with Gasteiger partial charge in [0.05, 0.1) is 33.0 Å². The third-order valence-corrected chi connectivity index (χ3v) is 4.31. The van der Waals surface area contributed by atoms with Crippen LogP contribution in [0.25, 0.3) is 22.6 Å². The molecule has 0 amide bonds. The molecule has 5 nitrogen and oxygen atoms in total. The molecule has 0 fully saturated rings. The van der Waals surface area contributed by atoms with Crippen LogP contribution in [-0.4, -0.2) is 25.6 Å². The number of aromatic nitrogens is 3. The second kappa shape index (κ2) is 5.63. The summed E-state index contributed by atoms with van der Waals surface area (Å²) in [4.78, 5) is 19.6. The molecule has 0 aliphatic rings. The molecule has 3 aromatic rings. The van der Waals surface area contributed by atoms with E-state index in [4.69, 9.17) is 28.3 Å². The van der Waals surface area contributed by atoms with Crippen molar-refractivity contribution in [1.29, 1.82) is 0 Å². The Kier molecular flexibility index (Phi) is 3.84. The number of hydrogen-bond acceptors (Lipinski definition) is 4. The quantitative estimate of drug-likeness (QED) is 0.780. The number of carboxylic acid groups (broad SMARTS) is 1. The fraction of sp³-hybridized carbons (Fsp3) is 0.154. The first-order valence-electron chi connectivity index (χ1n) is 6.02. The predicted octanol–water partition coefficient (Wildman–Crippen LogP) is 3.94. The summed E-state index contributed by atoms with van der Waals surface area (Å²) in [5.41, 5.74) is 3.82. The van der Waals surface area contributed by atoms with Gasteiger partial charge in [0.15, 0.2) is 5.82 Å². The standard InChI is InChI=1S/C13H9Cl2N3O2S/c14-7-3-9-11(4-8(7)15)18(2-1-12(19)20)13(17-9)10-5-21-6-16-10/h3-6H,1-2H2,(H,19,20). The number of carboxylic acids is 1. The third kappa shape index (κ3) is 2.74. The number of hydrogen-bond donors (Lipinski definition) is 1. The lowest BCUT2D eigenvalue weighted by atomic mass is 10.3. The maximum absolute atomic E-state index is 10.9. The Bertz CT molecular complexity index is 815. The Balaban J connectivity index is 2.20. The van der Waals surface area contributed by atoms with Crippen molar-refractivity contribution in [3.8, 4) is 11.5 Å². The van der Waals surface area contributed by atoms with Crippen molar-refractivity contribution in [3.63, 3.8) is 0 Å². The largest absolute Gasteiger partial charge is 0.481 e. The monoisotopic (exact) mass is 341 g/mol. The van der Waals surface area contributed by atoms with Gasteiger partial charge in [0, 0.05) is 11.9 Å². The van der Waals surface area contributed by atoms with Gasteiger partial charge in [-0.15, -0.1) is 11.3 Å². The summed E-state index contributed by atoms with van der Waals surface area (Å²) in [5, 5.41) is 11.6. The van der Waals surface area contributed by atoms with Gasteiger partial charge in [-0.05, 0) is 12.1 Å². The van der Waals surface area contributed by atoms with Gasteiger partial charge in [-0.1, -0.05) is 23.2 Å². The number of aryl methyl sites for hydroxylation is 1. The van der Waals surface area contributed by atoms with E-state index in [-0.39, 0.29) is 13.0 Å². The van der Waals surface area contributed by atoms with Gasteiger partial charge >= 0.3 is 5.97 Å². The molecule has 2 aromatic heterocycles. The highest BCUT2D eigenvalue weighted by molar-refractivity contribution is 7.07. The normalized spacial score (nSPS) is 11.1. The number of carbonyl (C=O) groups is 1. The Labute approximate surface area is 133 Å². The minimum atomic E-state index is -0.874. The predicted molar refractivity (Wildman–Crippen MR) is 83.1 cm³/mol. The van der Waals surface area contributed by atoms with E-state index in [1.54, 1.807) is 22.2 Å². The van der Waals surface area contributed by atoms with Crippen LogP contribution in [0.4, 0.5) is 0 Å². The number of imidazole rings is 1. The Morgan fingerprint density at radius 3 is 2.76 bits per heavy atom. The van der Waals surface area contributed by atoms with Crippen LogP contribution in [0.5, 0.6) is 0 Å². The van der Waals surface area contributed by atoms with Crippen molar-refractivity contribution < 1.29 is 9.90 Å². The number of aliphatic carboxylic acids is 1. The Morgan fingerprint density at radius 2 is 2.10 bits per heavy atom.